The molecule has 3 N–H and O–H groups in total. The fourth-order valence-electron chi connectivity index (χ4n) is 2.05. The summed E-state index contributed by atoms with van der Waals surface area (Å²) in [6.07, 6.45) is 2.58. The molecule has 6 heteroatoms. The van der Waals surface area contributed by atoms with Gasteiger partial charge in [-0.2, -0.15) is 0 Å². The number of aromatic nitrogens is 2. The number of para-hydroxylation sites is 2. The van der Waals surface area contributed by atoms with E-state index in [0.29, 0.717) is 0 Å². The van der Waals surface area contributed by atoms with Gasteiger partial charge >= 0.3 is 0 Å². The number of nitrogens with zero attached hydrogens (tertiary/aromatic N) is 2. The van der Waals surface area contributed by atoms with Crippen LogP contribution in [0.1, 0.15) is 16.6 Å². The second-order valence-electron chi connectivity index (χ2n) is 4.44. The van der Waals surface area contributed by atoms with Crippen LogP contribution in [0.2, 0.25) is 0 Å². The largest absolute Gasteiger partial charge is 0.271 e. The molecule has 0 aliphatic carbocycles. The van der Waals surface area contributed by atoms with Gasteiger partial charge in [-0.1, -0.05) is 12.1 Å². The normalized spacial score (nSPS) is 12.7. The molecule has 2 heterocycles. The SMILES string of the molecule is NNC(Cc1cc(Br)cs1)c1cnc2ccccc2n1. The third kappa shape index (κ3) is 2.88. The van der Waals surface area contributed by atoms with Crippen LogP contribution in [-0.2, 0) is 6.42 Å². The van der Waals surface area contributed by atoms with Crippen molar-refractivity contribution in [3.8, 4) is 0 Å². The minimum atomic E-state index is -0.0438. The van der Waals surface area contributed by atoms with E-state index >= 15 is 0 Å². The number of hydrogen-bond donors (Lipinski definition) is 2. The predicted octanol–water partition coefficient (Wildman–Crippen LogP) is 3.20. The third-order valence-electron chi connectivity index (χ3n) is 3.05. The fraction of sp³-hybridized carbons (Fsp3) is 0.143. The molecule has 4 nitrogen and oxygen atoms in total. The van der Waals surface area contributed by atoms with Gasteiger partial charge in [0.05, 0.1) is 29.0 Å². The van der Waals surface area contributed by atoms with Crippen LogP contribution >= 0.6 is 27.3 Å². The summed E-state index contributed by atoms with van der Waals surface area (Å²) in [5.41, 5.74) is 5.47. The van der Waals surface area contributed by atoms with Crippen LogP contribution in [0, 0.1) is 0 Å². The Balaban J connectivity index is 1.90. The molecule has 1 unspecified atom stereocenters. The van der Waals surface area contributed by atoms with Crippen molar-refractivity contribution in [2.75, 3.05) is 0 Å². The first-order valence-corrected chi connectivity index (χ1v) is 7.84. The molecule has 0 aliphatic heterocycles. The number of rotatable bonds is 4. The molecule has 0 amide bonds. The molecule has 0 spiro atoms. The van der Waals surface area contributed by atoms with Gasteiger partial charge in [-0.3, -0.25) is 16.3 Å². The Morgan fingerprint density at radius 3 is 2.80 bits per heavy atom. The van der Waals surface area contributed by atoms with Gasteiger partial charge < -0.3 is 0 Å². The maximum absolute atomic E-state index is 5.68. The number of nitrogens with one attached hydrogen (secondary N) is 1. The highest BCUT2D eigenvalue weighted by Gasteiger charge is 2.14. The van der Waals surface area contributed by atoms with E-state index in [0.717, 1.165) is 27.6 Å². The van der Waals surface area contributed by atoms with Crippen molar-refractivity contribution in [3.05, 3.63) is 57.0 Å². The maximum atomic E-state index is 5.68. The van der Waals surface area contributed by atoms with Gasteiger partial charge in [0.25, 0.3) is 0 Å². The fourth-order valence-corrected chi connectivity index (χ4v) is 3.55. The van der Waals surface area contributed by atoms with Crippen LogP contribution in [0.15, 0.2) is 46.4 Å². The minimum Gasteiger partial charge on any atom is -0.271 e. The van der Waals surface area contributed by atoms with Crippen molar-refractivity contribution < 1.29 is 0 Å². The minimum absolute atomic E-state index is 0.0438. The average Bonchev–Trinajstić information content (AvgIpc) is 2.89. The molecule has 1 aromatic carbocycles. The lowest BCUT2D eigenvalue weighted by atomic mass is 10.1. The Kier molecular flexibility index (Phi) is 4.07. The van der Waals surface area contributed by atoms with Crippen molar-refractivity contribution in [1.29, 1.82) is 0 Å². The number of hydrazine groups is 1. The van der Waals surface area contributed by atoms with E-state index in [1.807, 2.05) is 24.3 Å². The zero-order valence-electron chi connectivity index (χ0n) is 10.6. The Morgan fingerprint density at radius 1 is 1.30 bits per heavy atom. The maximum Gasteiger partial charge on any atom is 0.0890 e. The lowest BCUT2D eigenvalue weighted by Crippen LogP contribution is -2.30. The summed E-state index contributed by atoms with van der Waals surface area (Å²) in [6.45, 7) is 0. The second-order valence-corrected chi connectivity index (χ2v) is 6.35. The monoisotopic (exact) mass is 348 g/mol. The summed E-state index contributed by atoms with van der Waals surface area (Å²) in [5.74, 6) is 5.68. The Hall–Kier alpha value is -1.34. The van der Waals surface area contributed by atoms with Gasteiger partial charge in [-0.25, -0.2) is 4.98 Å². The van der Waals surface area contributed by atoms with Gasteiger partial charge in [0, 0.05) is 21.2 Å². The van der Waals surface area contributed by atoms with Gasteiger partial charge in [0.15, 0.2) is 0 Å². The summed E-state index contributed by atoms with van der Waals surface area (Å²) in [5, 5.41) is 2.06. The van der Waals surface area contributed by atoms with E-state index in [-0.39, 0.29) is 6.04 Å². The van der Waals surface area contributed by atoms with Crippen molar-refractivity contribution in [2.45, 2.75) is 12.5 Å². The molecule has 0 radical (unpaired) electrons. The highest BCUT2D eigenvalue weighted by molar-refractivity contribution is 9.10. The highest BCUT2D eigenvalue weighted by atomic mass is 79.9. The van der Waals surface area contributed by atoms with Crippen molar-refractivity contribution in [2.24, 2.45) is 5.84 Å². The van der Waals surface area contributed by atoms with Crippen molar-refractivity contribution in [1.82, 2.24) is 15.4 Å². The van der Waals surface area contributed by atoms with Gasteiger partial charge in [0.1, 0.15) is 0 Å². The lowest BCUT2D eigenvalue weighted by Gasteiger charge is -2.14. The Bertz CT molecular complexity index is 728. The van der Waals surface area contributed by atoms with Crippen molar-refractivity contribution >= 4 is 38.3 Å². The van der Waals surface area contributed by atoms with Crippen LogP contribution in [0.5, 0.6) is 0 Å². The molecule has 3 aromatic rings. The van der Waals surface area contributed by atoms with Gasteiger partial charge in [-0.05, 0) is 34.1 Å². The lowest BCUT2D eigenvalue weighted by molar-refractivity contribution is 0.541. The molecule has 0 bridgehead atoms. The van der Waals surface area contributed by atoms with Crippen LogP contribution < -0.4 is 11.3 Å². The van der Waals surface area contributed by atoms with E-state index in [1.165, 1.54) is 4.88 Å². The topological polar surface area (TPSA) is 63.8 Å². The van der Waals surface area contributed by atoms with E-state index < -0.39 is 0 Å². The Labute approximate surface area is 129 Å². The molecule has 20 heavy (non-hydrogen) atoms. The summed E-state index contributed by atoms with van der Waals surface area (Å²) in [6, 6.07) is 9.89. The first-order chi connectivity index (χ1) is 9.76. The highest BCUT2D eigenvalue weighted by Crippen LogP contribution is 2.25. The summed E-state index contributed by atoms with van der Waals surface area (Å²) >= 11 is 5.16. The molecular formula is C14H13BrN4S. The molecular weight excluding hydrogens is 336 g/mol. The third-order valence-corrected chi connectivity index (χ3v) is 4.77. The van der Waals surface area contributed by atoms with Crippen molar-refractivity contribution in [3.63, 3.8) is 0 Å². The molecule has 2 aromatic heterocycles. The number of fused-ring (bicyclic) bond motifs is 1. The molecule has 1 atom stereocenters. The first-order valence-electron chi connectivity index (χ1n) is 6.17. The summed E-state index contributed by atoms with van der Waals surface area (Å²) in [7, 11) is 0. The molecule has 0 saturated heterocycles. The van der Waals surface area contributed by atoms with E-state index in [2.05, 4.69) is 42.8 Å². The number of thiophene rings is 1. The summed E-state index contributed by atoms with van der Waals surface area (Å²) < 4.78 is 1.10. The predicted molar refractivity (Wildman–Crippen MR) is 85.3 cm³/mol. The molecule has 0 fully saturated rings. The van der Waals surface area contributed by atoms with Crippen LogP contribution in [0.3, 0.4) is 0 Å². The van der Waals surface area contributed by atoms with E-state index in [4.69, 9.17) is 5.84 Å². The van der Waals surface area contributed by atoms with Gasteiger partial charge in [0.2, 0.25) is 0 Å². The number of benzene rings is 1. The number of hydrogen-bond acceptors (Lipinski definition) is 5. The van der Waals surface area contributed by atoms with Crippen LogP contribution in [0.25, 0.3) is 11.0 Å². The molecule has 3 rings (SSSR count). The second kappa shape index (κ2) is 5.97. The van der Waals surface area contributed by atoms with Crippen LogP contribution in [-0.4, -0.2) is 9.97 Å². The molecule has 102 valence electrons. The quantitative estimate of drug-likeness (QED) is 0.561. The van der Waals surface area contributed by atoms with E-state index in [9.17, 15) is 0 Å². The number of halogens is 1. The smallest absolute Gasteiger partial charge is 0.0890 e. The first kappa shape index (κ1) is 13.6. The average molecular weight is 349 g/mol. The van der Waals surface area contributed by atoms with E-state index in [1.54, 1.807) is 17.5 Å². The summed E-state index contributed by atoms with van der Waals surface area (Å²) in [4.78, 5) is 10.3. The zero-order valence-corrected chi connectivity index (χ0v) is 13.0. The molecule has 0 saturated carbocycles. The Morgan fingerprint density at radius 2 is 2.10 bits per heavy atom. The zero-order chi connectivity index (χ0) is 13.9. The van der Waals surface area contributed by atoms with Gasteiger partial charge in [-0.15, -0.1) is 11.3 Å². The van der Waals surface area contributed by atoms with Crippen LogP contribution in [0.4, 0.5) is 0 Å². The number of nitrogens with two attached hydrogens (primary N) is 1. The molecule has 0 aliphatic rings. The standard InChI is InChI=1S/C14H13BrN4S/c15-9-5-10(20-8-9)6-13(19-16)14-7-17-11-3-1-2-4-12(11)18-14/h1-5,7-8,13,19H,6,16H2.